The molecule has 7 heteroatoms. The molecule has 0 atom stereocenters. The van der Waals surface area contributed by atoms with Gasteiger partial charge in [0.2, 0.25) is 4.96 Å². The molecule has 2 aromatic heterocycles. The Kier molecular flexibility index (Phi) is 2.19. The zero-order chi connectivity index (χ0) is 11.8. The maximum absolute atomic E-state index is 5.86. The van der Waals surface area contributed by atoms with Gasteiger partial charge in [0.25, 0.3) is 0 Å². The second kappa shape index (κ2) is 3.70. The molecule has 3 rings (SSSR count). The van der Waals surface area contributed by atoms with Crippen molar-refractivity contribution in [3.63, 3.8) is 0 Å². The highest BCUT2D eigenvalue weighted by atomic mass is 32.1. The molecule has 0 aliphatic rings. The predicted octanol–water partition coefficient (Wildman–Crippen LogP) is 1.44. The number of nitrogens with zero attached hydrogens (tertiary/aromatic N) is 4. The first-order chi connectivity index (χ1) is 8.28. The Labute approximate surface area is 101 Å². The summed E-state index contributed by atoms with van der Waals surface area (Å²) in [5.41, 5.74) is 7.39. The molecule has 0 bridgehead atoms. The van der Waals surface area contributed by atoms with E-state index in [2.05, 4.69) is 15.3 Å². The summed E-state index contributed by atoms with van der Waals surface area (Å²) in [6.45, 7) is 0. The number of nitrogens with two attached hydrogens (primary N) is 1. The quantitative estimate of drug-likeness (QED) is 0.693. The Morgan fingerprint density at radius 1 is 1.41 bits per heavy atom. The molecule has 6 nitrogen and oxygen atoms in total. The monoisotopic (exact) mass is 247 g/mol. The third-order valence-corrected chi connectivity index (χ3v) is 3.33. The SMILES string of the molecule is COc1ccc(-c2nn3cnnc3s2)cc1N. The van der Waals surface area contributed by atoms with Crippen LogP contribution < -0.4 is 10.5 Å². The number of methoxy groups -OCH3 is 1. The molecule has 86 valence electrons. The summed E-state index contributed by atoms with van der Waals surface area (Å²) in [5.74, 6) is 0.664. The van der Waals surface area contributed by atoms with E-state index in [1.165, 1.54) is 11.3 Å². The number of hydrogen-bond donors (Lipinski definition) is 1. The van der Waals surface area contributed by atoms with Gasteiger partial charge >= 0.3 is 0 Å². The number of aromatic nitrogens is 4. The zero-order valence-corrected chi connectivity index (χ0v) is 9.81. The van der Waals surface area contributed by atoms with E-state index < -0.39 is 0 Å². The van der Waals surface area contributed by atoms with Crippen LogP contribution in [0, 0.1) is 0 Å². The average molecular weight is 247 g/mol. The lowest BCUT2D eigenvalue weighted by Crippen LogP contribution is -1.92. The van der Waals surface area contributed by atoms with Crippen LogP contribution in [0.5, 0.6) is 5.75 Å². The third-order valence-electron chi connectivity index (χ3n) is 2.36. The number of anilines is 1. The van der Waals surface area contributed by atoms with Crippen molar-refractivity contribution in [3.8, 4) is 16.3 Å². The van der Waals surface area contributed by atoms with E-state index in [4.69, 9.17) is 10.5 Å². The molecule has 0 aliphatic carbocycles. The maximum Gasteiger partial charge on any atom is 0.234 e. The molecular formula is C10H9N5OS. The van der Waals surface area contributed by atoms with Crippen LogP contribution in [0.15, 0.2) is 24.5 Å². The summed E-state index contributed by atoms with van der Waals surface area (Å²) in [7, 11) is 1.59. The van der Waals surface area contributed by atoms with Crippen LogP contribution in [0.3, 0.4) is 0 Å². The van der Waals surface area contributed by atoms with Crippen LogP contribution in [0.1, 0.15) is 0 Å². The average Bonchev–Trinajstić information content (AvgIpc) is 2.88. The Morgan fingerprint density at radius 3 is 3.00 bits per heavy atom. The van der Waals surface area contributed by atoms with Crippen molar-refractivity contribution < 1.29 is 4.74 Å². The molecule has 2 heterocycles. The van der Waals surface area contributed by atoms with E-state index in [1.54, 1.807) is 18.0 Å². The zero-order valence-electron chi connectivity index (χ0n) is 8.99. The van der Waals surface area contributed by atoms with Gasteiger partial charge in [-0.25, -0.2) is 0 Å². The molecule has 0 amide bonds. The van der Waals surface area contributed by atoms with Gasteiger partial charge in [-0.05, 0) is 18.2 Å². The van der Waals surface area contributed by atoms with Gasteiger partial charge in [-0.3, -0.25) is 0 Å². The van der Waals surface area contributed by atoms with Gasteiger partial charge in [-0.15, -0.1) is 10.2 Å². The summed E-state index contributed by atoms with van der Waals surface area (Å²) in [6.07, 6.45) is 1.57. The van der Waals surface area contributed by atoms with Crippen LogP contribution in [-0.2, 0) is 0 Å². The van der Waals surface area contributed by atoms with E-state index in [1.807, 2.05) is 18.2 Å². The van der Waals surface area contributed by atoms with Crippen molar-refractivity contribution in [2.45, 2.75) is 0 Å². The highest BCUT2D eigenvalue weighted by Crippen LogP contribution is 2.30. The van der Waals surface area contributed by atoms with Crippen molar-refractivity contribution >= 4 is 22.0 Å². The van der Waals surface area contributed by atoms with Crippen molar-refractivity contribution in [3.05, 3.63) is 24.5 Å². The summed E-state index contributed by atoms with van der Waals surface area (Å²) in [5, 5.41) is 12.9. The van der Waals surface area contributed by atoms with Crippen LogP contribution in [0.4, 0.5) is 5.69 Å². The van der Waals surface area contributed by atoms with Gasteiger partial charge in [0, 0.05) is 5.56 Å². The summed E-state index contributed by atoms with van der Waals surface area (Å²) in [4.78, 5) is 0.759. The highest BCUT2D eigenvalue weighted by molar-refractivity contribution is 7.19. The lowest BCUT2D eigenvalue weighted by molar-refractivity contribution is 0.417. The summed E-state index contributed by atoms with van der Waals surface area (Å²) in [6, 6.07) is 5.58. The molecule has 0 fully saturated rings. The Bertz CT molecular complexity index is 646. The van der Waals surface area contributed by atoms with E-state index in [0.717, 1.165) is 15.5 Å². The maximum atomic E-state index is 5.86. The van der Waals surface area contributed by atoms with E-state index in [9.17, 15) is 0 Å². The number of rotatable bonds is 2. The molecule has 0 spiro atoms. The fourth-order valence-electron chi connectivity index (χ4n) is 1.54. The Morgan fingerprint density at radius 2 is 2.29 bits per heavy atom. The molecule has 0 aliphatic heterocycles. The summed E-state index contributed by atoms with van der Waals surface area (Å²) >= 11 is 1.46. The molecular weight excluding hydrogens is 238 g/mol. The molecule has 0 radical (unpaired) electrons. The standard InChI is InChI=1S/C10H9N5OS/c1-16-8-3-2-6(4-7(8)11)9-14-15-5-12-13-10(15)17-9/h2-5H,11H2,1H3. The smallest absolute Gasteiger partial charge is 0.234 e. The first kappa shape index (κ1) is 10.0. The number of fused-ring (bicyclic) bond motifs is 1. The molecule has 2 N–H and O–H groups in total. The minimum atomic E-state index is 0.593. The van der Waals surface area contributed by atoms with Crippen molar-refractivity contribution in [2.75, 3.05) is 12.8 Å². The summed E-state index contributed by atoms with van der Waals surface area (Å²) < 4.78 is 6.75. The van der Waals surface area contributed by atoms with Gasteiger partial charge < -0.3 is 10.5 Å². The van der Waals surface area contributed by atoms with Crippen LogP contribution >= 0.6 is 11.3 Å². The second-order valence-electron chi connectivity index (χ2n) is 3.42. The van der Waals surface area contributed by atoms with Crippen molar-refractivity contribution in [1.82, 2.24) is 19.8 Å². The lowest BCUT2D eigenvalue weighted by Gasteiger charge is -2.04. The Hall–Kier alpha value is -2.15. The number of hydrogen-bond acceptors (Lipinski definition) is 6. The molecule has 0 saturated heterocycles. The Balaban J connectivity index is 2.09. The molecule has 0 unspecified atom stereocenters. The van der Waals surface area contributed by atoms with Gasteiger partial charge in [0.1, 0.15) is 17.1 Å². The van der Waals surface area contributed by atoms with Crippen LogP contribution in [-0.4, -0.2) is 26.9 Å². The lowest BCUT2D eigenvalue weighted by atomic mass is 10.2. The minimum Gasteiger partial charge on any atom is -0.495 e. The molecule has 17 heavy (non-hydrogen) atoms. The second-order valence-corrected chi connectivity index (χ2v) is 4.38. The first-order valence-corrected chi connectivity index (χ1v) is 5.70. The van der Waals surface area contributed by atoms with Gasteiger partial charge in [0.15, 0.2) is 0 Å². The van der Waals surface area contributed by atoms with E-state index >= 15 is 0 Å². The van der Waals surface area contributed by atoms with Crippen LogP contribution in [0.2, 0.25) is 0 Å². The number of benzene rings is 1. The molecule has 0 saturated carbocycles. The van der Waals surface area contributed by atoms with E-state index in [-0.39, 0.29) is 0 Å². The van der Waals surface area contributed by atoms with Crippen LogP contribution in [0.25, 0.3) is 15.5 Å². The van der Waals surface area contributed by atoms with Gasteiger partial charge in [-0.1, -0.05) is 11.3 Å². The number of ether oxygens (including phenoxy) is 1. The largest absolute Gasteiger partial charge is 0.495 e. The van der Waals surface area contributed by atoms with Gasteiger partial charge in [0.05, 0.1) is 12.8 Å². The highest BCUT2D eigenvalue weighted by Gasteiger charge is 2.09. The van der Waals surface area contributed by atoms with Crippen molar-refractivity contribution in [2.24, 2.45) is 0 Å². The van der Waals surface area contributed by atoms with Gasteiger partial charge in [-0.2, -0.15) is 9.61 Å². The minimum absolute atomic E-state index is 0.593. The fourth-order valence-corrected chi connectivity index (χ4v) is 2.36. The third kappa shape index (κ3) is 1.60. The normalized spacial score (nSPS) is 10.9. The van der Waals surface area contributed by atoms with E-state index in [0.29, 0.717) is 11.4 Å². The predicted molar refractivity (Wildman–Crippen MR) is 65.1 cm³/mol. The number of nitrogen functional groups attached to an aromatic ring is 1. The molecule has 3 aromatic rings. The van der Waals surface area contributed by atoms with Crippen molar-refractivity contribution in [1.29, 1.82) is 0 Å². The molecule has 1 aromatic carbocycles. The fraction of sp³-hybridized carbons (Fsp3) is 0.100. The first-order valence-electron chi connectivity index (χ1n) is 4.88. The topological polar surface area (TPSA) is 78.3 Å².